The SMILES string of the molecule is COc1ccc2nccc(NC(=O)[C@H]3C[C@H](CNCc4ccc5c(n4)OCCO5)[C@H](O)C3)c2n1. The highest BCUT2D eigenvalue weighted by atomic mass is 16.6. The molecule has 3 N–H and O–H groups in total. The van der Waals surface area contributed by atoms with E-state index in [1.54, 1.807) is 31.5 Å². The molecule has 1 aliphatic carbocycles. The Morgan fingerprint density at radius 1 is 1.15 bits per heavy atom. The lowest BCUT2D eigenvalue weighted by atomic mass is 10.0. The van der Waals surface area contributed by atoms with Gasteiger partial charge in [0, 0.05) is 31.3 Å². The predicted octanol–water partition coefficient (Wildman–Crippen LogP) is 1.92. The Kier molecular flexibility index (Phi) is 6.41. The number of carbonyl (C=O) groups excluding carboxylic acids is 1. The number of aliphatic hydroxyl groups excluding tert-OH is 1. The van der Waals surface area contributed by atoms with E-state index in [0.29, 0.717) is 73.4 Å². The van der Waals surface area contributed by atoms with Gasteiger partial charge in [0.05, 0.1) is 30.1 Å². The molecule has 1 saturated carbocycles. The topological polar surface area (TPSA) is 128 Å². The average molecular weight is 466 g/mol. The second kappa shape index (κ2) is 9.78. The van der Waals surface area contributed by atoms with Crippen LogP contribution in [0.2, 0.25) is 0 Å². The molecule has 1 fully saturated rings. The molecule has 3 aromatic rings. The molecule has 34 heavy (non-hydrogen) atoms. The number of aliphatic hydroxyl groups is 1. The third-order valence-electron chi connectivity index (χ3n) is 6.23. The van der Waals surface area contributed by atoms with Gasteiger partial charge in [-0.1, -0.05) is 0 Å². The van der Waals surface area contributed by atoms with Gasteiger partial charge in [-0.25, -0.2) is 9.97 Å². The molecule has 178 valence electrons. The van der Waals surface area contributed by atoms with Gasteiger partial charge in [0.1, 0.15) is 18.7 Å². The normalized spacial score (nSPS) is 21.4. The Morgan fingerprint density at radius 3 is 2.91 bits per heavy atom. The zero-order chi connectivity index (χ0) is 23.5. The quantitative estimate of drug-likeness (QED) is 0.479. The Hall–Kier alpha value is -3.50. The third kappa shape index (κ3) is 4.73. The van der Waals surface area contributed by atoms with Crippen molar-refractivity contribution in [1.29, 1.82) is 0 Å². The third-order valence-corrected chi connectivity index (χ3v) is 6.23. The maximum Gasteiger partial charge on any atom is 0.257 e. The molecule has 1 aliphatic heterocycles. The minimum absolute atomic E-state index is 0.0274. The number of methoxy groups -OCH3 is 1. The predicted molar refractivity (Wildman–Crippen MR) is 124 cm³/mol. The lowest BCUT2D eigenvalue weighted by Gasteiger charge is -2.18. The summed E-state index contributed by atoms with van der Waals surface area (Å²) in [7, 11) is 1.54. The van der Waals surface area contributed by atoms with E-state index in [-0.39, 0.29) is 17.7 Å². The zero-order valence-corrected chi connectivity index (χ0v) is 18.9. The summed E-state index contributed by atoms with van der Waals surface area (Å²) in [6.07, 6.45) is 2.09. The number of amides is 1. The molecule has 0 saturated heterocycles. The van der Waals surface area contributed by atoms with Crippen LogP contribution in [-0.2, 0) is 11.3 Å². The van der Waals surface area contributed by atoms with Crippen LogP contribution in [0.1, 0.15) is 18.5 Å². The van der Waals surface area contributed by atoms with Crippen LogP contribution < -0.4 is 24.8 Å². The highest BCUT2D eigenvalue weighted by molar-refractivity contribution is 6.00. The van der Waals surface area contributed by atoms with E-state index in [0.717, 1.165) is 5.69 Å². The standard InChI is InChI=1S/C24H27N5O5/c1-32-21-5-3-17-22(29-21)18(6-7-26-17)28-23(31)14-10-15(19(30)11-14)12-25-13-16-2-4-20-24(27-16)34-9-8-33-20/h2-7,14-15,19,25,30H,8-13H2,1H3,(H,26,28,31)/t14-,15+,19+/m0/s1. The Bertz CT molecular complexity index is 1190. The first-order valence-electron chi connectivity index (χ1n) is 11.4. The number of nitrogens with zero attached hydrogens (tertiary/aromatic N) is 3. The number of anilines is 1. The van der Waals surface area contributed by atoms with Gasteiger partial charge >= 0.3 is 0 Å². The summed E-state index contributed by atoms with van der Waals surface area (Å²) in [6, 6.07) is 9.00. The van der Waals surface area contributed by atoms with Crippen molar-refractivity contribution < 1.29 is 24.1 Å². The first-order valence-corrected chi connectivity index (χ1v) is 11.4. The number of ether oxygens (including phenoxy) is 3. The Labute approximate surface area is 196 Å². The highest BCUT2D eigenvalue weighted by Crippen LogP contribution is 2.33. The monoisotopic (exact) mass is 465 g/mol. The number of rotatable bonds is 7. The van der Waals surface area contributed by atoms with Crippen molar-refractivity contribution >= 4 is 22.6 Å². The van der Waals surface area contributed by atoms with Crippen molar-refractivity contribution in [3.8, 4) is 17.5 Å². The van der Waals surface area contributed by atoms with Gasteiger partial charge in [-0.3, -0.25) is 9.78 Å². The molecular formula is C24H27N5O5. The van der Waals surface area contributed by atoms with Crippen LogP contribution in [0.4, 0.5) is 5.69 Å². The number of aromatic nitrogens is 3. The van der Waals surface area contributed by atoms with Gasteiger partial charge in [-0.15, -0.1) is 0 Å². The van der Waals surface area contributed by atoms with Gasteiger partial charge in [-0.05, 0) is 43.0 Å². The number of nitrogens with one attached hydrogen (secondary N) is 2. The fourth-order valence-electron chi connectivity index (χ4n) is 4.45. The largest absolute Gasteiger partial charge is 0.484 e. The van der Waals surface area contributed by atoms with Crippen LogP contribution in [-0.4, -0.2) is 58.9 Å². The van der Waals surface area contributed by atoms with Crippen LogP contribution in [0.5, 0.6) is 17.5 Å². The number of pyridine rings is 3. The number of carbonyl (C=O) groups is 1. The second-order valence-corrected chi connectivity index (χ2v) is 8.50. The van der Waals surface area contributed by atoms with E-state index in [9.17, 15) is 9.90 Å². The first kappa shape index (κ1) is 22.3. The molecule has 2 aliphatic rings. The van der Waals surface area contributed by atoms with E-state index < -0.39 is 6.10 Å². The minimum atomic E-state index is -0.552. The summed E-state index contributed by atoms with van der Waals surface area (Å²) in [6.45, 7) is 2.14. The molecule has 0 bridgehead atoms. The van der Waals surface area contributed by atoms with Crippen molar-refractivity contribution in [3.05, 3.63) is 42.2 Å². The molecule has 3 atom stereocenters. The summed E-state index contributed by atoms with van der Waals surface area (Å²) in [5.41, 5.74) is 2.65. The molecular weight excluding hydrogens is 438 g/mol. The highest BCUT2D eigenvalue weighted by Gasteiger charge is 2.36. The van der Waals surface area contributed by atoms with Crippen molar-refractivity contribution in [2.45, 2.75) is 25.5 Å². The van der Waals surface area contributed by atoms with Crippen molar-refractivity contribution in [2.24, 2.45) is 11.8 Å². The van der Waals surface area contributed by atoms with Gasteiger partial charge in [0.2, 0.25) is 11.8 Å². The Balaban J connectivity index is 1.17. The molecule has 0 spiro atoms. The fraction of sp³-hybridized carbons (Fsp3) is 0.417. The van der Waals surface area contributed by atoms with Gasteiger partial charge < -0.3 is 30.0 Å². The molecule has 0 aromatic carbocycles. The van der Waals surface area contributed by atoms with Crippen LogP contribution >= 0.6 is 0 Å². The minimum Gasteiger partial charge on any atom is -0.484 e. The summed E-state index contributed by atoms with van der Waals surface area (Å²) >= 11 is 0. The van der Waals surface area contributed by atoms with Gasteiger partial charge in [0.15, 0.2) is 5.75 Å². The Morgan fingerprint density at radius 2 is 2.03 bits per heavy atom. The molecule has 3 aromatic heterocycles. The average Bonchev–Trinajstić information content (AvgIpc) is 3.24. The van der Waals surface area contributed by atoms with Crippen LogP contribution in [0.3, 0.4) is 0 Å². The summed E-state index contributed by atoms with van der Waals surface area (Å²) in [5.74, 6) is 1.17. The molecule has 5 rings (SSSR count). The number of hydrogen-bond acceptors (Lipinski definition) is 9. The van der Waals surface area contributed by atoms with Crippen LogP contribution in [0.15, 0.2) is 36.5 Å². The maximum atomic E-state index is 13.0. The fourth-order valence-corrected chi connectivity index (χ4v) is 4.45. The van der Waals surface area contributed by atoms with Crippen molar-refractivity contribution in [2.75, 3.05) is 32.2 Å². The number of hydrogen-bond donors (Lipinski definition) is 3. The van der Waals surface area contributed by atoms with E-state index in [1.165, 1.54) is 0 Å². The van der Waals surface area contributed by atoms with Gasteiger partial charge in [-0.2, -0.15) is 0 Å². The van der Waals surface area contributed by atoms with E-state index in [1.807, 2.05) is 12.1 Å². The van der Waals surface area contributed by atoms with Gasteiger partial charge in [0.25, 0.3) is 5.88 Å². The zero-order valence-electron chi connectivity index (χ0n) is 18.9. The molecule has 1 amide bonds. The lowest BCUT2D eigenvalue weighted by molar-refractivity contribution is -0.119. The smallest absolute Gasteiger partial charge is 0.257 e. The molecule has 0 radical (unpaired) electrons. The molecule has 10 heteroatoms. The number of fused-ring (bicyclic) bond motifs is 2. The lowest BCUT2D eigenvalue weighted by Crippen LogP contribution is -2.28. The van der Waals surface area contributed by atoms with E-state index in [2.05, 4.69) is 25.6 Å². The van der Waals surface area contributed by atoms with E-state index >= 15 is 0 Å². The summed E-state index contributed by atoms with van der Waals surface area (Å²) in [5, 5.41) is 16.9. The summed E-state index contributed by atoms with van der Waals surface area (Å²) < 4.78 is 16.2. The van der Waals surface area contributed by atoms with Crippen molar-refractivity contribution in [1.82, 2.24) is 20.3 Å². The van der Waals surface area contributed by atoms with E-state index in [4.69, 9.17) is 14.2 Å². The van der Waals surface area contributed by atoms with Crippen LogP contribution in [0.25, 0.3) is 11.0 Å². The second-order valence-electron chi connectivity index (χ2n) is 8.50. The summed E-state index contributed by atoms with van der Waals surface area (Å²) in [4.78, 5) is 26.2. The molecule has 4 heterocycles. The molecule has 10 nitrogen and oxygen atoms in total. The first-order chi connectivity index (χ1) is 16.6. The maximum absolute atomic E-state index is 13.0. The van der Waals surface area contributed by atoms with Crippen molar-refractivity contribution in [3.63, 3.8) is 0 Å². The van der Waals surface area contributed by atoms with Crippen LogP contribution in [0, 0.1) is 11.8 Å². The molecule has 0 unspecified atom stereocenters.